The number of hydrogen-bond acceptors (Lipinski definition) is 4. The number of nitrogens with zero attached hydrogens (tertiary/aromatic N) is 1. The molecule has 0 spiro atoms. The third-order valence-corrected chi connectivity index (χ3v) is 4.80. The summed E-state index contributed by atoms with van der Waals surface area (Å²) < 4.78 is 27.1. The number of hydrogen-bond donors (Lipinski definition) is 3. The van der Waals surface area contributed by atoms with Crippen molar-refractivity contribution in [3.63, 3.8) is 0 Å². The van der Waals surface area contributed by atoms with E-state index in [2.05, 4.69) is 14.9 Å². The molecule has 0 bridgehead atoms. The predicted molar refractivity (Wildman–Crippen MR) is 66.1 cm³/mol. The van der Waals surface area contributed by atoms with Gasteiger partial charge in [-0.2, -0.15) is 5.10 Å². The summed E-state index contributed by atoms with van der Waals surface area (Å²) in [6.45, 7) is 8.59. The first-order valence-electron chi connectivity index (χ1n) is 5.39. The van der Waals surface area contributed by atoms with Crippen molar-refractivity contribution >= 4 is 10.0 Å². The van der Waals surface area contributed by atoms with Crippen LogP contribution in [0.4, 0.5) is 0 Å². The van der Waals surface area contributed by atoms with Gasteiger partial charge in [0.15, 0.2) is 0 Å². The number of nitrogens with two attached hydrogens (primary N) is 1. The van der Waals surface area contributed by atoms with E-state index in [9.17, 15) is 8.42 Å². The first-order valence-corrected chi connectivity index (χ1v) is 6.87. The Kier molecular flexibility index (Phi) is 3.66. The van der Waals surface area contributed by atoms with Gasteiger partial charge in [-0.1, -0.05) is 0 Å². The summed E-state index contributed by atoms with van der Waals surface area (Å²) in [5, 5.41) is 6.54. The fraction of sp³-hybridized carbons (Fsp3) is 0.700. The molecule has 6 nitrogen and oxygen atoms in total. The summed E-state index contributed by atoms with van der Waals surface area (Å²) in [6.07, 6.45) is 0. The molecule has 0 saturated carbocycles. The van der Waals surface area contributed by atoms with E-state index in [-0.39, 0.29) is 10.9 Å². The Morgan fingerprint density at radius 3 is 2.29 bits per heavy atom. The maximum Gasteiger partial charge on any atom is 0.244 e. The molecule has 7 heteroatoms. The van der Waals surface area contributed by atoms with Crippen molar-refractivity contribution in [1.29, 1.82) is 0 Å². The lowest BCUT2D eigenvalue weighted by Gasteiger charge is -2.29. The van der Waals surface area contributed by atoms with Crippen LogP contribution in [0.3, 0.4) is 0 Å². The van der Waals surface area contributed by atoms with Crippen LogP contribution in [0.5, 0.6) is 0 Å². The molecule has 0 aliphatic heterocycles. The molecule has 98 valence electrons. The normalized spacial score (nSPS) is 14.9. The summed E-state index contributed by atoms with van der Waals surface area (Å²) in [5.41, 5.74) is 6.02. The number of aryl methyl sites for hydroxylation is 2. The molecule has 0 radical (unpaired) electrons. The van der Waals surface area contributed by atoms with Crippen LogP contribution in [0.25, 0.3) is 0 Å². The van der Waals surface area contributed by atoms with Crippen molar-refractivity contribution in [2.24, 2.45) is 5.73 Å². The van der Waals surface area contributed by atoms with E-state index in [1.807, 2.05) is 0 Å². The number of aromatic amines is 1. The van der Waals surface area contributed by atoms with Gasteiger partial charge in [0.1, 0.15) is 4.90 Å². The topological polar surface area (TPSA) is 101 Å². The minimum absolute atomic E-state index is 0.200. The second-order valence-electron chi connectivity index (χ2n) is 4.88. The molecule has 4 N–H and O–H groups in total. The molecule has 0 aliphatic rings. The maximum absolute atomic E-state index is 12.2. The highest BCUT2D eigenvalue weighted by Gasteiger charge is 2.32. The lowest BCUT2D eigenvalue weighted by molar-refractivity contribution is 0.387. The molecular formula is C10H20N4O2S. The monoisotopic (exact) mass is 260 g/mol. The average molecular weight is 260 g/mol. The van der Waals surface area contributed by atoms with Crippen molar-refractivity contribution in [2.45, 2.75) is 51.1 Å². The number of H-pyrrole nitrogens is 1. The SMILES string of the molecule is Cc1n[nH]c(C)c1S(=O)(=O)NC(C)(C)C(C)N. The van der Waals surface area contributed by atoms with E-state index in [4.69, 9.17) is 5.73 Å². The molecule has 0 saturated heterocycles. The number of nitrogens with one attached hydrogen (secondary N) is 2. The zero-order valence-electron chi connectivity index (χ0n) is 10.8. The summed E-state index contributed by atoms with van der Waals surface area (Å²) in [4.78, 5) is 0.200. The zero-order valence-corrected chi connectivity index (χ0v) is 11.6. The Bertz CT molecular complexity index is 483. The lowest BCUT2D eigenvalue weighted by atomic mass is 9.99. The third kappa shape index (κ3) is 2.85. The van der Waals surface area contributed by atoms with Crippen molar-refractivity contribution in [3.8, 4) is 0 Å². The van der Waals surface area contributed by atoms with Crippen molar-refractivity contribution in [3.05, 3.63) is 11.4 Å². The molecule has 1 atom stereocenters. The molecule has 17 heavy (non-hydrogen) atoms. The van der Waals surface area contributed by atoms with Crippen LogP contribution in [0, 0.1) is 13.8 Å². The molecule has 1 heterocycles. The quantitative estimate of drug-likeness (QED) is 0.730. The zero-order chi connectivity index (χ0) is 13.4. The molecule has 0 amide bonds. The van der Waals surface area contributed by atoms with Crippen LogP contribution < -0.4 is 10.5 Å². The fourth-order valence-corrected chi connectivity index (χ4v) is 3.29. The number of rotatable bonds is 4. The summed E-state index contributed by atoms with van der Waals surface area (Å²) in [5.74, 6) is 0. The predicted octanol–water partition coefficient (Wildman–Crippen LogP) is 0.431. The molecule has 0 aromatic carbocycles. The molecule has 0 aliphatic carbocycles. The standard InChI is InChI=1S/C10H20N4O2S/c1-6-9(7(2)13-12-6)17(15,16)14-10(4,5)8(3)11/h8,14H,11H2,1-5H3,(H,12,13). The van der Waals surface area contributed by atoms with E-state index in [1.54, 1.807) is 34.6 Å². The van der Waals surface area contributed by atoms with E-state index < -0.39 is 15.6 Å². The number of aromatic nitrogens is 2. The van der Waals surface area contributed by atoms with Gasteiger partial charge >= 0.3 is 0 Å². The van der Waals surface area contributed by atoms with E-state index in [0.717, 1.165) is 0 Å². The Labute approximate surface area is 102 Å². The summed E-state index contributed by atoms with van der Waals surface area (Å²) in [7, 11) is -3.60. The van der Waals surface area contributed by atoms with E-state index >= 15 is 0 Å². The molecule has 1 rings (SSSR count). The van der Waals surface area contributed by atoms with Gasteiger partial charge in [0.2, 0.25) is 10.0 Å². The van der Waals surface area contributed by atoms with Crippen LogP contribution >= 0.6 is 0 Å². The minimum Gasteiger partial charge on any atom is -0.326 e. The van der Waals surface area contributed by atoms with Crippen LogP contribution in [0.2, 0.25) is 0 Å². The molecular weight excluding hydrogens is 240 g/mol. The Morgan fingerprint density at radius 1 is 1.41 bits per heavy atom. The highest BCUT2D eigenvalue weighted by Crippen LogP contribution is 2.19. The minimum atomic E-state index is -3.60. The Morgan fingerprint density at radius 2 is 1.94 bits per heavy atom. The molecule has 1 aromatic heterocycles. The smallest absolute Gasteiger partial charge is 0.244 e. The van der Waals surface area contributed by atoms with Gasteiger partial charge in [0, 0.05) is 11.6 Å². The van der Waals surface area contributed by atoms with E-state index in [0.29, 0.717) is 11.4 Å². The van der Waals surface area contributed by atoms with Crippen LogP contribution in [0.15, 0.2) is 4.90 Å². The Balaban J connectivity index is 3.15. The summed E-state index contributed by atoms with van der Waals surface area (Å²) >= 11 is 0. The highest BCUT2D eigenvalue weighted by atomic mass is 32.2. The van der Waals surface area contributed by atoms with Crippen LogP contribution in [-0.2, 0) is 10.0 Å². The van der Waals surface area contributed by atoms with Gasteiger partial charge < -0.3 is 5.73 Å². The van der Waals surface area contributed by atoms with Gasteiger partial charge in [0.05, 0.1) is 11.4 Å². The third-order valence-electron chi connectivity index (χ3n) is 2.87. The van der Waals surface area contributed by atoms with Crippen molar-refractivity contribution in [2.75, 3.05) is 0 Å². The van der Waals surface area contributed by atoms with Gasteiger partial charge in [-0.15, -0.1) is 0 Å². The Hall–Kier alpha value is -0.920. The van der Waals surface area contributed by atoms with Gasteiger partial charge in [-0.25, -0.2) is 13.1 Å². The maximum atomic E-state index is 12.2. The summed E-state index contributed by atoms with van der Waals surface area (Å²) in [6, 6.07) is -0.301. The molecule has 1 unspecified atom stereocenters. The lowest BCUT2D eigenvalue weighted by Crippen LogP contribution is -2.54. The second-order valence-corrected chi connectivity index (χ2v) is 6.50. The number of sulfonamides is 1. The van der Waals surface area contributed by atoms with Gasteiger partial charge in [-0.3, -0.25) is 5.10 Å². The van der Waals surface area contributed by atoms with E-state index in [1.165, 1.54) is 0 Å². The van der Waals surface area contributed by atoms with Gasteiger partial charge in [-0.05, 0) is 34.6 Å². The van der Waals surface area contributed by atoms with Crippen molar-refractivity contribution < 1.29 is 8.42 Å². The fourth-order valence-electron chi connectivity index (χ4n) is 1.43. The van der Waals surface area contributed by atoms with Crippen LogP contribution in [-0.4, -0.2) is 30.2 Å². The largest absolute Gasteiger partial charge is 0.326 e. The highest BCUT2D eigenvalue weighted by molar-refractivity contribution is 7.89. The van der Waals surface area contributed by atoms with Gasteiger partial charge in [0.25, 0.3) is 0 Å². The molecule has 1 aromatic rings. The average Bonchev–Trinajstić information content (AvgIpc) is 2.44. The van der Waals surface area contributed by atoms with Crippen molar-refractivity contribution in [1.82, 2.24) is 14.9 Å². The van der Waals surface area contributed by atoms with Crippen LogP contribution in [0.1, 0.15) is 32.2 Å². The second kappa shape index (κ2) is 4.40. The first-order chi connectivity index (χ1) is 7.58. The first kappa shape index (κ1) is 14.1. The molecule has 0 fully saturated rings.